The molecule has 4 aromatic rings. The molecule has 182 valence electrons. The number of aromatic nitrogens is 4. The molecule has 1 N–H and O–H groups in total. The van der Waals surface area contributed by atoms with Gasteiger partial charge in [0.15, 0.2) is 5.69 Å². The monoisotopic (exact) mass is 495 g/mol. The second-order valence-electron chi connectivity index (χ2n) is 8.07. The standard InChI is InChI=1S/C24H25N5O5S/c1-6-34-24(32)19-17-12-35-22(25-20(30)16-11-28(4)27-21(16)33-5)18(17)23(31)29(26-19)15-9-7-14(8-10-15)13(2)3/h7-13H,6H2,1-5H3,(H,25,30). The molecule has 0 radical (unpaired) electrons. The van der Waals surface area contributed by atoms with Gasteiger partial charge in [0.05, 0.1) is 24.8 Å². The molecule has 35 heavy (non-hydrogen) atoms. The molecule has 1 amide bonds. The van der Waals surface area contributed by atoms with Crippen molar-refractivity contribution < 1.29 is 19.1 Å². The van der Waals surface area contributed by atoms with Crippen molar-refractivity contribution in [2.24, 2.45) is 7.05 Å². The highest BCUT2D eigenvalue weighted by atomic mass is 32.1. The van der Waals surface area contributed by atoms with Gasteiger partial charge in [-0.3, -0.25) is 14.3 Å². The fraction of sp³-hybridized carbons (Fsp3) is 0.292. The number of nitrogens with zero attached hydrogens (tertiary/aromatic N) is 4. The number of methoxy groups -OCH3 is 1. The molecule has 0 aliphatic rings. The zero-order valence-corrected chi connectivity index (χ0v) is 20.8. The summed E-state index contributed by atoms with van der Waals surface area (Å²) in [6.45, 7) is 5.98. The molecule has 4 rings (SSSR count). The van der Waals surface area contributed by atoms with E-state index >= 15 is 0 Å². The minimum absolute atomic E-state index is 0.00917. The molecule has 0 bridgehead atoms. The molecule has 0 aliphatic carbocycles. The topological polar surface area (TPSA) is 117 Å². The van der Waals surface area contributed by atoms with Crippen LogP contribution in [-0.2, 0) is 11.8 Å². The van der Waals surface area contributed by atoms with E-state index in [0.717, 1.165) is 21.6 Å². The zero-order chi connectivity index (χ0) is 25.3. The number of nitrogens with one attached hydrogen (secondary N) is 1. The lowest BCUT2D eigenvalue weighted by molar-refractivity contribution is 0.0520. The van der Waals surface area contributed by atoms with Crippen LogP contribution in [0.4, 0.5) is 5.00 Å². The average molecular weight is 496 g/mol. The lowest BCUT2D eigenvalue weighted by atomic mass is 10.0. The van der Waals surface area contributed by atoms with E-state index in [2.05, 4.69) is 29.4 Å². The molecule has 0 saturated heterocycles. The van der Waals surface area contributed by atoms with Crippen molar-refractivity contribution in [1.29, 1.82) is 0 Å². The van der Waals surface area contributed by atoms with Crippen LogP contribution in [0.3, 0.4) is 0 Å². The molecule has 11 heteroatoms. The largest absolute Gasteiger partial charge is 0.479 e. The van der Waals surface area contributed by atoms with Gasteiger partial charge in [-0.05, 0) is 30.5 Å². The van der Waals surface area contributed by atoms with Crippen LogP contribution in [0.2, 0.25) is 0 Å². The van der Waals surface area contributed by atoms with Gasteiger partial charge in [0.1, 0.15) is 10.6 Å². The number of ether oxygens (including phenoxy) is 2. The number of esters is 1. The Morgan fingerprint density at radius 3 is 2.51 bits per heavy atom. The predicted octanol–water partition coefficient (Wildman–Crippen LogP) is 3.74. The molecular weight excluding hydrogens is 470 g/mol. The van der Waals surface area contributed by atoms with E-state index in [1.807, 2.05) is 12.1 Å². The number of hydrogen-bond donors (Lipinski definition) is 1. The molecule has 1 aromatic carbocycles. The van der Waals surface area contributed by atoms with Crippen molar-refractivity contribution in [1.82, 2.24) is 19.6 Å². The van der Waals surface area contributed by atoms with Crippen molar-refractivity contribution in [3.63, 3.8) is 0 Å². The Balaban J connectivity index is 1.86. The second kappa shape index (κ2) is 9.71. The summed E-state index contributed by atoms with van der Waals surface area (Å²) in [4.78, 5) is 39.3. The van der Waals surface area contributed by atoms with Gasteiger partial charge in [0, 0.05) is 24.0 Å². The summed E-state index contributed by atoms with van der Waals surface area (Å²) in [6.07, 6.45) is 1.52. The minimum atomic E-state index is -0.658. The van der Waals surface area contributed by atoms with Gasteiger partial charge in [-0.2, -0.15) is 9.78 Å². The normalized spacial score (nSPS) is 11.1. The van der Waals surface area contributed by atoms with E-state index < -0.39 is 17.4 Å². The summed E-state index contributed by atoms with van der Waals surface area (Å²) in [5.41, 5.74) is 1.32. The molecule has 3 aromatic heterocycles. The lowest BCUT2D eigenvalue weighted by Crippen LogP contribution is -2.25. The number of carbonyl (C=O) groups excluding carboxylic acids is 2. The van der Waals surface area contributed by atoms with Crippen LogP contribution in [0, 0.1) is 0 Å². The fourth-order valence-corrected chi connectivity index (χ4v) is 4.54. The Labute approximate surface area is 205 Å². The summed E-state index contributed by atoms with van der Waals surface area (Å²) in [5, 5.41) is 13.5. The molecule has 0 fully saturated rings. The number of benzene rings is 1. The van der Waals surface area contributed by atoms with Crippen LogP contribution in [0.5, 0.6) is 5.88 Å². The van der Waals surface area contributed by atoms with Crippen LogP contribution >= 0.6 is 11.3 Å². The number of fused-ring (bicyclic) bond motifs is 1. The molecule has 0 saturated carbocycles. The Hall–Kier alpha value is -3.99. The highest BCUT2D eigenvalue weighted by molar-refractivity contribution is 7.16. The molecule has 0 aliphatic heterocycles. The van der Waals surface area contributed by atoms with E-state index in [0.29, 0.717) is 17.0 Å². The minimum Gasteiger partial charge on any atom is -0.479 e. The quantitative estimate of drug-likeness (QED) is 0.388. The van der Waals surface area contributed by atoms with Crippen molar-refractivity contribution in [2.45, 2.75) is 26.7 Å². The van der Waals surface area contributed by atoms with E-state index in [4.69, 9.17) is 9.47 Å². The Kier molecular flexibility index (Phi) is 6.70. The van der Waals surface area contributed by atoms with Crippen molar-refractivity contribution in [3.05, 3.63) is 63.0 Å². The third kappa shape index (κ3) is 4.54. The van der Waals surface area contributed by atoms with E-state index in [-0.39, 0.29) is 34.1 Å². The molecule has 0 atom stereocenters. The Morgan fingerprint density at radius 1 is 1.17 bits per heavy atom. The summed E-state index contributed by atoms with van der Waals surface area (Å²) in [5.74, 6) is -0.688. The number of aryl methyl sites for hydroxylation is 1. The second-order valence-corrected chi connectivity index (χ2v) is 8.95. The molecule has 3 heterocycles. The Bertz CT molecular complexity index is 1470. The van der Waals surface area contributed by atoms with Gasteiger partial charge in [-0.25, -0.2) is 4.79 Å². The summed E-state index contributed by atoms with van der Waals surface area (Å²) < 4.78 is 13.0. The maximum atomic E-state index is 13.6. The SMILES string of the molecule is CCOC(=O)c1nn(-c2ccc(C(C)C)cc2)c(=O)c2c(NC(=O)c3cn(C)nc3OC)scc12. The number of rotatable bonds is 7. The smallest absolute Gasteiger partial charge is 0.359 e. The third-order valence-electron chi connectivity index (χ3n) is 5.39. The van der Waals surface area contributed by atoms with Gasteiger partial charge in [-0.15, -0.1) is 16.4 Å². The maximum absolute atomic E-state index is 13.6. The van der Waals surface area contributed by atoms with Crippen LogP contribution in [0.25, 0.3) is 16.5 Å². The van der Waals surface area contributed by atoms with Crippen LogP contribution in [0.1, 0.15) is 53.1 Å². The number of hydrogen-bond acceptors (Lipinski definition) is 8. The molecular formula is C24H25N5O5S. The molecule has 0 spiro atoms. The van der Waals surface area contributed by atoms with Crippen LogP contribution < -0.4 is 15.6 Å². The molecule has 0 unspecified atom stereocenters. The van der Waals surface area contributed by atoms with E-state index in [1.54, 1.807) is 31.5 Å². The fourth-order valence-electron chi connectivity index (χ4n) is 3.61. The third-order valence-corrected chi connectivity index (χ3v) is 6.28. The first-order valence-electron chi connectivity index (χ1n) is 11.0. The van der Waals surface area contributed by atoms with E-state index in [9.17, 15) is 14.4 Å². The summed E-state index contributed by atoms with van der Waals surface area (Å²) >= 11 is 1.12. The highest BCUT2D eigenvalue weighted by Crippen LogP contribution is 2.31. The highest BCUT2D eigenvalue weighted by Gasteiger charge is 2.24. The van der Waals surface area contributed by atoms with Gasteiger partial charge < -0.3 is 14.8 Å². The van der Waals surface area contributed by atoms with E-state index in [1.165, 1.54) is 18.0 Å². The van der Waals surface area contributed by atoms with Gasteiger partial charge in [0.25, 0.3) is 11.5 Å². The number of amides is 1. The maximum Gasteiger partial charge on any atom is 0.359 e. The van der Waals surface area contributed by atoms with Gasteiger partial charge >= 0.3 is 5.97 Å². The number of carbonyl (C=O) groups is 2. The Morgan fingerprint density at radius 2 is 1.89 bits per heavy atom. The lowest BCUT2D eigenvalue weighted by Gasteiger charge is -2.11. The van der Waals surface area contributed by atoms with Crippen LogP contribution in [0.15, 0.2) is 40.6 Å². The summed E-state index contributed by atoms with van der Waals surface area (Å²) in [7, 11) is 3.08. The van der Waals surface area contributed by atoms with Crippen molar-refractivity contribution >= 4 is 39.0 Å². The first-order valence-corrected chi connectivity index (χ1v) is 11.8. The predicted molar refractivity (Wildman–Crippen MR) is 133 cm³/mol. The first kappa shape index (κ1) is 24.1. The number of anilines is 1. The summed E-state index contributed by atoms with van der Waals surface area (Å²) in [6, 6.07) is 7.37. The molecule has 10 nitrogen and oxygen atoms in total. The van der Waals surface area contributed by atoms with Crippen molar-refractivity contribution in [3.8, 4) is 11.6 Å². The van der Waals surface area contributed by atoms with Gasteiger partial charge in [-0.1, -0.05) is 26.0 Å². The van der Waals surface area contributed by atoms with Gasteiger partial charge in [0.2, 0.25) is 5.88 Å². The zero-order valence-electron chi connectivity index (χ0n) is 20.0. The average Bonchev–Trinajstić information content (AvgIpc) is 3.43. The van der Waals surface area contributed by atoms with Crippen molar-refractivity contribution in [2.75, 3.05) is 19.0 Å². The van der Waals surface area contributed by atoms with Crippen LogP contribution in [-0.4, -0.2) is 45.2 Å². The first-order chi connectivity index (χ1) is 16.7. The number of thiophene rings is 1.